The summed E-state index contributed by atoms with van der Waals surface area (Å²) in [5, 5.41) is 0. The van der Waals surface area contributed by atoms with Crippen molar-refractivity contribution in [2.24, 2.45) is 0 Å². The second-order valence-electron chi connectivity index (χ2n) is 4.46. The van der Waals surface area contributed by atoms with E-state index >= 15 is 0 Å². The zero-order chi connectivity index (χ0) is 12.4. The molecule has 2 nitrogen and oxygen atoms in total. The average Bonchev–Trinajstić information content (AvgIpc) is 2.47. The van der Waals surface area contributed by atoms with Crippen molar-refractivity contribution in [2.45, 2.75) is 12.5 Å². The summed E-state index contributed by atoms with van der Waals surface area (Å²) in [6.45, 7) is 0.620. The van der Waals surface area contributed by atoms with E-state index < -0.39 is 6.10 Å². The zero-order valence-electron chi connectivity index (χ0n) is 10.0. The van der Waals surface area contributed by atoms with Crippen molar-refractivity contribution in [3.8, 4) is 11.1 Å². The van der Waals surface area contributed by atoms with Gasteiger partial charge in [0.2, 0.25) is 0 Å². The van der Waals surface area contributed by atoms with E-state index in [-0.39, 0.29) is 0 Å². The van der Waals surface area contributed by atoms with Gasteiger partial charge in [-0.2, -0.15) is 0 Å². The van der Waals surface area contributed by atoms with Gasteiger partial charge in [-0.15, -0.1) is 0 Å². The number of aldehydes is 1. The summed E-state index contributed by atoms with van der Waals surface area (Å²) < 4.78 is 5.43. The Morgan fingerprint density at radius 2 is 1.89 bits per heavy atom. The normalized spacial score (nSPS) is 18.1. The third-order valence-electron chi connectivity index (χ3n) is 3.35. The number of carbonyl (C=O) groups is 1. The van der Waals surface area contributed by atoms with Gasteiger partial charge in [-0.05, 0) is 28.7 Å². The van der Waals surface area contributed by atoms with E-state index in [2.05, 4.69) is 24.3 Å². The fourth-order valence-electron chi connectivity index (χ4n) is 2.41. The van der Waals surface area contributed by atoms with Gasteiger partial charge in [0.15, 0.2) is 6.29 Å². The van der Waals surface area contributed by atoms with Crippen LogP contribution in [-0.2, 0) is 16.0 Å². The van der Waals surface area contributed by atoms with Crippen LogP contribution >= 0.6 is 0 Å². The first kappa shape index (κ1) is 11.2. The molecule has 2 heteroatoms. The first-order valence-electron chi connectivity index (χ1n) is 6.13. The van der Waals surface area contributed by atoms with Crippen molar-refractivity contribution in [1.82, 2.24) is 0 Å². The molecule has 1 unspecified atom stereocenters. The Morgan fingerprint density at radius 3 is 2.67 bits per heavy atom. The predicted molar refractivity (Wildman–Crippen MR) is 70.3 cm³/mol. The van der Waals surface area contributed by atoms with Crippen LogP contribution in [0, 0.1) is 0 Å². The van der Waals surface area contributed by atoms with E-state index in [4.69, 9.17) is 4.74 Å². The van der Waals surface area contributed by atoms with Gasteiger partial charge in [0, 0.05) is 0 Å². The SMILES string of the molecule is O=CC1OCCc2cc(-c3ccccc3)ccc21. The number of benzene rings is 2. The fourth-order valence-corrected chi connectivity index (χ4v) is 2.41. The van der Waals surface area contributed by atoms with Crippen LogP contribution in [0.5, 0.6) is 0 Å². The molecule has 1 heterocycles. The van der Waals surface area contributed by atoms with Gasteiger partial charge in [-0.3, -0.25) is 0 Å². The van der Waals surface area contributed by atoms with E-state index in [1.54, 1.807) is 0 Å². The van der Waals surface area contributed by atoms with Crippen LogP contribution in [0.1, 0.15) is 17.2 Å². The molecule has 0 spiro atoms. The molecule has 0 fully saturated rings. The summed E-state index contributed by atoms with van der Waals surface area (Å²) in [4.78, 5) is 11.0. The third-order valence-corrected chi connectivity index (χ3v) is 3.35. The zero-order valence-corrected chi connectivity index (χ0v) is 10.0. The summed E-state index contributed by atoms with van der Waals surface area (Å²) in [6, 6.07) is 16.5. The number of hydrogen-bond donors (Lipinski definition) is 0. The van der Waals surface area contributed by atoms with Gasteiger partial charge >= 0.3 is 0 Å². The number of rotatable bonds is 2. The lowest BCUT2D eigenvalue weighted by atomic mass is 9.93. The highest BCUT2D eigenvalue weighted by Gasteiger charge is 2.20. The molecule has 0 aromatic heterocycles. The molecular formula is C16H14O2. The third kappa shape index (κ3) is 1.95. The van der Waals surface area contributed by atoms with Crippen LogP contribution in [-0.4, -0.2) is 12.9 Å². The standard InChI is InChI=1S/C16H14O2/c17-11-16-15-7-6-13(10-14(15)8-9-18-16)12-4-2-1-3-5-12/h1-7,10-11,16H,8-9H2. The van der Waals surface area contributed by atoms with Gasteiger partial charge in [0.1, 0.15) is 6.10 Å². The summed E-state index contributed by atoms with van der Waals surface area (Å²) in [5.41, 5.74) is 4.63. The van der Waals surface area contributed by atoms with Crippen molar-refractivity contribution in [2.75, 3.05) is 6.61 Å². The van der Waals surface area contributed by atoms with Gasteiger partial charge < -0.3 is 9.53 Å². The summed E-state index contributed by atoms with van der Waals surface area (Å²) in [7, 11) is 0. The molecule has 0 radical (unpaired) electrons. The molecule has 90 valence electrons. The summed E-state index contributed by atoms with van der Waals surface area (Å²) in [5.74, 6) is 0. The highest BCUT2D eigenvalue weighted by atomic mass is 16.5. The molecule has 0 bridgehead atoms. The molecular weight excluding hydrogens is 224 g/mol. The predicted octanol–water partition coefficient (Wildman–Crippen LogP) is 3.17. The highest BCUT2D eigenvalue weighted by molar-refractivity contribution is 5.68. The van der Waals surface area contributed by atoms with Crippen molar-refractivity contribution < 1.29 is 9.53 Å². The topological polar surface area (TPSA) is 26.3 Å². The minimum atomic E-state index is -0.390. The van der Waals surface area contributed by atoms with Crippen LogP contribution in [0.2, 0.25) is 0 Å². The second kappa shape index (κ2) is 4.75. The summed E-state index contributed by atoms with van der Waals surface area (Å²) >= 11 is 0. The van der Waals surface area contributed by atoms with Crippen LogP contribution in [0.15, 0.2) is 48.5 Å². The summed E-state index contributed by atoms with van der Waals surface area (Å²) in [6.07, 6.45) is 1.36. The second-order valence-corrected chi connectivity index (χ2v) is 4.46. The lowest BCUT2D eigenvalue weighted by Crippen LogP contribution is -2.17. The Hall–Kier alpha value is -1.93. The Kier molecular flexibility index (Phi) is 2.95. The van der Waals surface area contributed by atoms with Gasteiger partial charge in [-0.1, -0.05) is 48.5 Å². The molecule has 3 rings (SSSR count). The first-order chi connectivity index (χ1) is 8.88. The maximum absolute atomic E-state index is 11.0. The van der Waals surface area contributed by atoms with Crippen LogP contribution in [0.3, 0.4) is 0 Å². The monoisotopic (exact) mass is 238 g/mol. The molecule has 1 aliphatic heterocycles. The minimum Gasteiger partial charge on any atom is -0.366 e. The number of ether oxygens (including phenoxy) is 1. The van der Waals surface area contributed by atoms with Crippen LogP contribution in [0.25, 0.3) is 11.1 Å². The van der Waals surface area contributed by atoms with Gasteiger partial charge in [0.05, 0.1) is 6.61 Å². The largest absolute Gasteiger partial charge is 0.366 e. The van der Waals surface area contributed by atoms with Gasteiger partial charge in [0.25, 0.3) is 0 Å². The molecule has 1 aliphatic rings. The molecule has 0 saturated carbocycles. The molecule has 0 aliphatic carbocycles. The smallest absolute Gasteiger partial charge is 0.153 e. The Bertz CT molecular complexity index is 561. The number of hydrogen-bond acceptors (Lipinski definition) is 2. The molecule has 1 atom stereocenters. The quantitative estimate of drug-likeness (QED) is 0.751. The minimum absolute atomic E-state index is 0.390. The lowest BCUT2D eigenvalue weighted by Gasteiger charge is -2.22. The van der Waals surface area contributed by atoms with Crippen molar-refractivity contribution in [1.29, 1.82) is 0 Å². The van der Waals surface area contributed by atoms with Gasteiger partial charge in [-0.25, -0.2) is 0 Å². The first-order valence-corrected chi connectivity index (χ1v) is 6.13. The van der Waals surface area contributed by atoms with E-state index in [0.29, 0.717) is 6.61 Å². The van der Waals surface area contributed by atoms with Crippen molar-refractivity contribution in [3.63, 3.8) is 0 Å². The molecule has 0 saturated heterocycles. The average molecular weight is 238 g/mol. The number of carbonyl (C=O) groups excluding carboxylic acids is 1. The fraction of sp³-hybridized carbons (Fsp3) is 0.188. The molecule has 2 aromatic carbocycles. The Labute approximate surface area is 106 Å². The molecule has 2 aromatic rings. The molecule has 0 amide bonds. The van der Waals surface area contributed by atoms with Crippen LogP contribution < -0.4 is 0 Å². The van der Waals surface area contributed by atoms with E-state index in [1.165, 1.54) is 16.7 Å². The van der Waals surface area contributed by atoms with Crippen molar-refractivity contribution >= 4 is 6.29 Å². The highest BCUT2D eigenvalue weighted by Crippen LogP contribution is 2.29. The maximum Gasteiger partial charge on any atom is 0.153 e. The lowest BCUT2D eigenvalue weighted by molar-refractivity contribution is -0.119. The van der Waals surface area contributed by atoms with E-state index in [0.717, 1.165) is 18.3 Å². The number of fused-ring (bicyclic) bond motifs is 1. The molecule has 0 N–H and O–H groups in total. The van der Waals surface area contributed by atoms with E-state index in [1.807, 2.05) is 24.3 Å². The maximum atomic E-state index is 11.0. The van der Waals surface area contributed by atoms with Crippen LogP contribution in [0.4, 0.5) is 0 Å². The molecule has 18 heavy (non-hydrogen) atoms. The Balaban J connectivity index is 2.04. The van der Waals surface area contributed by atoms with E-state index in [9.17, 15) is 4.79 Å². The Morgan fingerprint density at radius 1 is 1.06 bits per heavy atom. The van der Waals surface area contributed by atoms with Crippen molar-refractivity contribution in [3.05, 3.63) is 59.7 Å².